The zero-order valence-electron chi connectivity index (χ0n) is 10.2. The molecule has 0 saturated carbocycles. The van der Waals surface area contributed by atoms with Gasteiger partial charge in [0.2, 0.25) is 0 Å². The Kier molecular flexibility index (Phi) is 3.64. The van der Waals surface area contributed by atoms with E-state index in [1.165, 1.54) is 11.1 Å². The van der Waals surface area contributed by atoms with E-state index in [9.17, 15) is 0 Å². The highest BCUT2D eigenvalue weighted by molar-refractivity contribution is 9.10. The smallest absolute Gasteiger partial charge is 0.0738 e. The molecule has 2 rings (SSSR count). The van der Waals surface area contributed by atoms with Crippen LogP contribution in [0, 0.1) is 0 Å². The molecule has 0 radical (unpaired) electrons. The van der Waals surface area contributed by atoms with Crippen molar-refractivity contribution in [3.8, 4) is 11.3 Å². The maximum absolute atomic E-state index is 4.36. The Balaban J connectivity index is 2.59. The largest absolute Gasteiger partial charge is 0.313 e. The van der Waals surface area contributed by atoms with E-state index >= 15 is 0 Å². The van der Waals surface area contributed by atoms with Gasteiger partial charge in [0.15, 0.2) is 0 Å². The Bertz CT molecular complexity index is 519. The third-order valence-corrected chi connectivity index (χ3v) is 3.69. The molecule has 0 spiro atoms. The quantitative estimate of drug-likeness (QED) is 0.942. The van der Waals surface area contributed by atoms with Gasteiger partial charge in [0.05, 0.1) is 11.9 Å². The number of hydrogen-bond donors (Lipinski definition) is 1. The van der Waals surface area contributed by atoms with Crippen LogP contribution in [-0.2, 0) is 7.05 Å². The normalized spacial score (nSPS) is 12.7. The Morgan fingerprint density at radius 1 is 1.35 bits per heavy atom. The fourth-order valence-corrected chi connectivity index (χ4v) is 2.38. The first kappa shape index (κ1) is 12.3. The fourth-order valence-electron chi connectivity index (χ4n) is 1.91. The Hall–Kier alpha value is -1.13. The maximum atomic E-state index is 4.36. The van der Waals surface area contributed by atoms with Crippen LogP contribution in [0.15, 0.2) is 34.9 Å². The maximum Gasteiger partial charge on any atom is 0.0738 e. The molecule has 0 aliphatic rings. The highest BCUT2D eigenvalue weighted by Crippen LogP contribution is 2.32. The van der Waals surface area contributed by atoms with Gasteiger partial charge >= 0.3 is 0 Å². The molecule has 2 aromatic rings. The number of rotatable bonds is 3. The van der Waals surface area contributed by atoms with Gasteiger partial charge in [-0.2, -0.15) is 5.10 Å². The molecule has 1 aromatic carbocycles. The predicted octanol–water partition coefficient (Wildman–Crippen LogP) is 3.13. The van der Waals surface area contributed by atoms with Gasteiger partial charge in [0.25, 0.3) is 0 Å². The zero-order chi connectivity index (χ0) is 12.4. The summed E-state index contributed by atoms with van der Waals surface area (Å²) in [5.74, 6) is 0. The van der Waals surface area contributed by atoms with Gasteiger partial charge in [0, 0.05) is 28.7 Å². The molecule has 1 atom stereocenters. The Morgan fingerprint density at radius 3 is 2.71 bits per heavy atom. The van der Waals surface area contributed by atoms with E-state index in [1.807, 2.05) is 37.1 Å². The predicted molar refractivity (Wildman–Crippen MR) is 73.8 cm³/mol. The highest BCUT2D eigenvalue weighted by Gasteiger charge is 2.16. The van der Waals surface area contributed by atoms with Gasteiger partial charge in [-0.05, 0) is 20.0 Å². The van der Waals surface area contributed by atoms with Gasteiger partial charge in [-0.1, -0.05) is 34.1 Å². The Labute approximate surface area is 110 Å². The lowest BCUT2D eigenvalue weighted by atomic mass is 10.0. The van der Waals surface area contributed by atoms with E-state index in [2.05, 4.69) is 45.4 Å². The summed E-state index contributed by atoms with van der Waals surface area (Å²) in [7, 11) is 3.93. The number of benzene rings is 1. The van der Waals surface area contributed by atoms with E-state index in [-0.39, 0.29) is 6.04 Å². The van der Waals surface area contributed by atoms with Gasteiger partial charge in [-0.3, -0.25) is 4.68 Å². The zero-order valence-corrected chi connectivity index (χ0v) is 11.8. The molecule has 4 heteroatoms. The lowest BCUT2D eigenvalue weighted by molar-refractivity contribution is 0.653. The first-order valence-electron chi connectivity index (χ1n) is 5.59. The van der Waals surface area contributed by atoms with Crippen molar-refractivity contribution in [1.29, 1.82) is 0 Å². The lowest BCUT2D eigenvalue weighted by Gasteiger charge is -2.13. The second-order valence-electron chi connectivity index (χ2n) is 4.06. The average Bonchev–Trinajstić information content (AvgIpc) is 2.71. The third-order valence-electron chi connectivity index (χ3n) is 3.00. The molecular formula is C13H16BrN3. The molecule has 1 heterocycles. The minimum absolute atomic E-state index is 0.283. The SMILES string of the molecule is CNC(C)c1cnn(C)c1-c1ccccc1Br. The monoisotopic (exact) mass is 293 g/mol. The van der Waals surface area contributed by atoms with Crippen molar-refractivity contribution in [2.45, 2.75) is 13.0 Å². The van der Waals surface area contributed by atoms with E-state index in [0.717, 1.165) is 10.2 Å². The van der Waals surface area contributed by atoms with Crippen LogP contribution in [0.4, 0.5) is 0 Å². The number of aryl methyl sites for hydroxylation is 1. The summed E-state index contributed by atoms with van der Waals surface area (Å²) < 4.78 is 3.01. The molecule has 1 N–H and O–H groups in total. The van der Waals surface area contributed by atoms with Crippen LogP contribution in [-0.4, -0.2) is 16.8 Å². The molecule has 0 aliphatic heterocycles. The van der Waals surface area contributed by atoms with Crippen LogP contribution >= 0.6 is 15.9 Å². The summed E-state index contributed by atoms with van der Waals surface area (Å²) in [4.78, 5) is 0. The van der Waals surface area contributed by atoms with Crippen LogP contribution in [0.25, 0.3) is 11.3 Å². The van der Waals surface area contributed by atoms with Crippen molar-refractivity contribution in [1.82, 2.24) is 15.1 Å². The van der Waals surface area contributed by atoms with Gasteiger partial charge in [0.1, 0.15) is 0 Å². The molecule has 0 bridgehead atoms. The molecular weight excluding hydrogens is 278 g/mol. The van der Waals surface area contributed by atoms with Crippen LogP contribution < -0.4 is 5.32 Å². The molecule has 0 amide bonds. The summed E-state index contributed by atoms with van der Waals surface area (Å²) in [6, 6.07) is 8.50. The molecule has 0 fully saturated rings. The number of hydrogen-bond acceptors (Lipinski definition) is 2. The summed E-state index contributed by atoms with van der Waals surface area (Å²) in [6.07, 6.45) is 1.93. The Morgan fingerprint density at radius 2 is 2.06 bits per heavy atom. The summed E-state index contributed by atoms with van der Waals surface area (Å²) in [5, 5.41) is 7.61. The summed E-state index contributed by atoms with van der Waals surface area (Å²) >= 11 is 3.60. The highest BCUT2D eigenvalue weighted by atomic mass is 79.9. The fraction of sp³-hybridized carbons (Fsp3) is 0.308. The van der Waals surface area contributed by atoms with E-state index in [4.69, 9.17) is 0 Å². The van der Waals surface area contributed by atoms with Gasteiger partial charge in [-0.25, -0.2) is 0 Å². The first-order chi connectivity index (χ1) is 8.15. The summed E-state index contributed by atoms with van der Waals surface area (Å²) in [6.45, 7) is 2.14. The van der Waals surface area contributed by atoms with Crippen molar-refractivity contribution in [2.24, 2.45) is 7.05 Å². The molecule has 17 heavy (non-hydrogen) atoms. The van der Waals surface area contributed by atoms with Crippen LogP contribution in [0.5, 0.6) is 0 Å². The standard InChI is InChI=1S/C13H16BrN3/c1-9(15-2)11-8-16-17(3)13(11)10-6-4-5-7-12(10)14/h4-9,15H,1-3H3. The van der Waals surface area contributed by atoms with E-state index < -0.39 is 0 Å². The number of nitrogens with zero attached hydrogens (tertiary/aromatic N) is 2. The average molecular weight is 294 g/mol. The van der Waals surface area contributed by atoms with Crippen molar-refractivity contribution >= 4 is 15.9 Å². The molecule has 1 aromatic heterocycles. The first-order valence-corrected chi connectivity index (χ1v) is 6.38. The molecule has 0 saturated heterocycles. The van der Waals surface area contributed by atoms with Crippen LogP contribution in [0.3, 0.4) is 0 Å². The molecule has 3 nitrogen and oxygen atoms in total. The summed E-state index contributed by atoms with van der Waals surface area (Å²) in [5.41, 5.74) is 3.53. The van der Waals surface area contributed by atoms with Crippen molar-refractivity contribution < 1.29 is 0 Å². The van der Waals surface area contributed by atoms with Gasteiger partial charge in [-0.15, -0.1) is 0 Å². The lowest BCUT2D eigenvalue weighted by Crippen LogP contribution is -2.13. The molecule has 90 valence electrons. The van der Waals surface area contributed by atoms with E-state index in [1.54, 1.807) is 0 Å². The number of halogens is 1. The number of aromatic nitrogens is 2. The third kappa shape index (κ3) is 2.28. The van der Waals surface area contributed by atoms with E-state index in [0.29, 0.717) is 0 Å². The minimum Gasteiger partial charge on any atom is -0.313 e. The van der Waals surface area contributed by atoms with Crippen LogP contribution in [0.2, 0.25) is 0 Å². The van der Waals surface area contributed by atoms with Crippen molar-refractivity contribution in [3.63, 3.8) is 0 Å². The second-order valence-corrected chi connectivity index (χ2v) is 4.92. The minimum atomic E-state index is 0.283. The molecule has 1 unspecified atom stereocenters. The van der Waals surface area contributed by atoms with Crippen molar-refractivity contribution in [3.05, 3.63) is 40.5 Å². The topological polar surface area (TPSA) is 29.9 Å². The number of nitrogens with one attached hydrogen (secondary N) is 1. The van der Waals surface area contributed by atoms with Gasteiger partial charge < -0.3 is 5.32 Å². The second kappa shape index (κ2) is 5.02. The van der Waals surface area contributed by atoms with Crippen LogP contribution in [0.1, 0.15) is 18.5 Å². The van der Waals surface area contributed by atoms with Crippen molar-refractivity contribution in [2.75, 3.05) is 7.05 Å². The molecule has 0 aliphatic carbocycles.